The molecule has 0 saturated carbocycles. The molecule has 1 aromatic heterocycles. The van der Waals surface area contributed by atoms with Crippen LogP contribution in [0.25, 0.3) is 11.0 Å². The van der Waals surface area contributed by atoms with E-state index in [9.17, 15) is 8.42 Å². The van der Waals surface area contributed by atoms with Gasteiger partial charge < -0.3 is 5.73 Å². The van der Waals surface area contributed by atoms with Gasteiger partial charge in [-0.05, 0) is 12.1 Å². The Morgan fingerprint density at radius 2 is 1.94 bits per heavy atom. The predicted octanol–water partition coefficient (Wildman–Crippen LogP) is 0.273. The van der Waals surface area contributed by atoms with E-state index in [4.69, 9.17) is 5.73 Å². The molecule has 7 heteroatoms. The molecule has 16 heavy (non-hydrogen) atoms. The minimum absolute atomic E-state index is 0.0325. The minimum Gasteiger partial charge on any atom is -0.368 e. The molecule has 0 saturated heterocycles. The van der Waals surface area contributed by atoms with Crippen LogP contribution in [0, 0.1) is 0 Å². The molecule has 1 heterocycles. The number of aromatic nitrogens is 2. The second kappa shape index (κ2) is 3.46. The van der Waals surface area contributed by atoms with Crippen LogP contribution in [0.2, 0.25) is 0 Å². The van der Waals surface area contributed by atoms with Gasteiger partial charge in [0.05, 0.1) is 11.0 Å². The summed E-state index contributed by atoms with van der Waals surface area (Å²) in [7, 11) is -0.732. The summed E-state index contributed by atoms with van der Waals surface area (Å²) >= 11 is 0. The standard InChI is InChI=1S/C9H12N4O2S/c1-12(2)16(14,15)13-8-6-4-3-5-7(8)11-9(13)10/h3-6H,1-2H3,(H2,10,11). The van der Waals surface area contributed by atoms with Crippen molar-refractivity contribution in [3.05, 3.63) is 24.3 Å². The van der Waals surface area contributed by atoms with Crippen molar-refractivity contribution < 1.29 is 8.42 Å². The van der Waals surface area contributed by atoms with Crippen LogP contribution in [-0.4, -0.2) is 35.8 Å². The third kappa shape index (κ3) is 1.44. The highest BCUT2D eigenvalue weighted by Crippen LogP contribution is 2.20. The van der Waals surface area contributed by atoms with Gasteiger partial charge in [0.2, 0.25) is 5.95 Å². The molecule has 0 unspecified atom stereocenters. The number of nitrogens with zero attached hydrogens (tertiary/aromatic N) is 3. The molecule has 1 aromatic carbocycles. The van der Waals surface area contributed by atoms with E-state index >= 15 is 0 Å². The maximum atomic E-state index is 12.0. The zero-order chi connectivity index (χ0) is 11.9. The number of anilines is 1. The van der Waals surface area contributed by atoms with E-state index < -0.39 is 10.2 Å². The first-order valence-electron chi connectivity index (χ1n) is 4.60. The van der Waals surface area contributed by atoms with E-state index in [2.05, 4.69) is 4.98 Å². The SMILES string of the molecule is CN(C)S(=O)(=O)n1c(N)nc2ccccc21. The Morgan fingerprint density at radius 1 is 1.31 bits per heavy atom. The summed E-state index contributed by atoms with van der Waals surface area (Å²) in [4.78, 5) is 4.00. The average Bonchev–Trinajstić information content (AvgIpc) is 2.53. The fraction of sp³-hybridized carbons (Fsp3) is 0.222. The van der Waals surface area contributed by atoms with E-state index in [1.54, 1.807) is 24.3 Å². The van der Waals surface area contributed by atoms with Crippen LogP contribution < -0.4 is 5.73 Å². The fourth-order valence-corrected chi connectivity index (χ4v) is 2.44. The summed E-state index contributed by atoms with van der Waals surface area (Å²) in [5.74, 6) is -0.0325. The molecule has 0 fully saturated rings. The van der Waals surface area contributed by atoms with Crippen molar-refractivity contribution in [3.63, 3.8) is 0 Å². The van der Waals surface area contributed by atoms with E-state index in [-0.39, 0.29) is 5.95 Å². The van der Waals surface area contributed by atoms with Gasteiger partial charge in [0, 0.05) is 14.1 Å². The van der Waals surface area contributed by atoms with Gasteiger partial charge in [0.15, 0.2) is 0 Å². The highest BCUT2D eigenvalue weighted by molar-refractivity contribution is 7.87. The average molecular weight is 240 g/mol. The van der Waals surface area contributed by atoms with Crippen LogP contribution in [-0.2, 0) is 10.2 Å². The Kier molecular flexibility index (Phi) is 2.36. The molecule has 0 aliphatic rings. The van der Waals surface area contributed by atoms with Gasteiger partial charge in [0.1, 0.15) is 0 Å². The number of benzene rings is 1. The second-order valence-corrected chi connectivity index (χ2v) is 5.50. The van der Waals surface area contributed by atoms with Crippen LogP contribution in [0.4, 0.5) is 5.95 Å². The van der Waals surface area contributed by atoms with Gasteiger partial charge in [-0.15, -0.1) is 0 Å². The summed E-state index contributed by atoms with van der Waals surface area (Å²) in [6.45, 7) is 0. The minimum atomic E-state index is -3.63. The molecule has 0 bridgehead atoms. The first-order chi connectivity index (χ1) is 7.44. The van der Waals surface area contributed by atoms with Crippen molar-refractivity contribution in [2.45, 2.75) is 0 Å². The lowest BCUT2D eigenvalue weighted by atomic mass is 10.3. The maximum absolute atomic E-state index is 12.0. The lowest BCUT2D eigenvalue weighted by molar-refractivity contribution is 0.513. The summed E-state index contributed by atoms with van der Waals surface area (Å²) in [6, 6.07) is 6.90. The molecule has 0 amide bonds. The Morgan fingerprint density at radius 3 is 2.56 bits per heavy atom. The molecule has 0 spiro atoms. The summed E-state index contributed by atoms with van der Waals surface area (Å²) in [5.41, 5.74) is 6.66. The first-order valence-corrected chi connectivity index (χ1v) is 6.00. The third-order valence-electron chi connectivity index (χ3n) is 2.24. The molecular weight excluding hydrogens is 228 g/mol. The quantitative estimate of drug-likeness (QED) is 0.817. The smallest absolute Gasteiger partial charge is 0.310 e. The lowest BCUT2D eigenvalue weighted by Gasteiger charge is -2.13. The summed E-state index contributed by atoms with van der Waals surface area (Å²) in [6.07, 6.45) is 0. The Labute approximate surface area is 93.5 Å². The third-order valence-corrected chi connectivity index (χ3v) is 4.00. The topological polar surface area (TPSA) is 81.2 Å². The second-order valence-electron chi connectivity index (χ2n) is 3.51. The normalized spacial score (nSPS) is 12.4. The lowest BCUT2D eigenvalue weighted by Crippen LogP contribution is -2.29. The molecular formula is C9H12N4O2S. The van der Waals surface area contributed by atoms with Crippen LogP contribution in [0.15, 0.2) is 24.3 Å². The zero-order valence-corrected chi connectivity index (χ0v) is 9.77. The predicted molar refractivity (Wildman–Crippen MR) is 62.2 cm³/mol. The van der Waals surface area contributed by atoms with Gasteiger partial charge in [-0.2, -0.15) is 16.7 Å². The van der Waals surface area contributed by atoms with Gasteiger partial charge in [-0.25, -0.2) is 4.98 Å². The molecule has 2 N–H and O–H groups in total. The summed E-state index contributed by atoms with van der Waals surface area (Å²) in [5, 5.41) is 0. The summed E-state index contributed by atoms with van der Waals surface area (Å²) < 4.78 is 26.1. The number of fused-ring (bicyclic) bond motifs is 1. The van der Waals surface area contributed by atoms with Gasteiger partial charge in [0.25, 0.3) is 0 Å². The van der Waals surface area contributed by atoms with Crippen LogP contribution in [0.1, 0.15) is 0 Å². The van der Waals surface area contributed by atoms with Crippen molar-refractivity contribution in [3.8, 4) is 0 Å². The van der Waals surface area contributed by atoms with Crippen molar-refractivity contribution >= 4 is 27.2 Å². The fourth-order valence-electron chi connectivity index (χ4n) is 1.43. The molecule has 0 radical (unpaired) electrons. The zero-order valence-electron chi connectivity index (χ0n) is 8.95. The van der Waals surface area contributed by atoms with E-state index in [1.807, 2.05) is 0 Å². The number of nitrogens with two attached hydrogens (primary N) is 1. The monoisotopic (exact) mass is 240 g/mol. The number of para-hydroxylation sites is 2. The molecule has 86 valence electrons. The highest BCUT2D eigenvalue weighted by atomic mass is 32.2. The van der Waals surface area contributed by atoms with Crippen LogP contribution in [0.5, 0.6) is 0 Å². The molecule has 2 rings (SSSR count). The van der Waals surface area contributed by atoms with E-state index in [0.29, 0.717) is 11.0 Å². The number of imidazole rings is 1. The maximum Gasteiger partial charge on any atom is 0.310 e. The first kappa shape index (κ1) is 10.9. The Bertz CT molecular complexity index is 630. The Balaban J connectivity index is 2.84. The van der Waals surface area contributed by atoms with Crippen LogP contribution >= 0.6 is 0 Å². The van der Waals surface area contributed by atoms with Crippen molar-refractivity contribution in [2.24, 2.45) is 0 Å². The van der Waals surface area contributed by atoms with E-state index in [0.717, 1.165) is 8.28 Å². The van der Waals surface area contributed by atoms with Crippen molar-refractivity contribution in [1.29, 1.82) is 0 Å². The number of hydrogen-bond donors (Lipinski definition) is 1. The molecule has 6 nitrogen and oxygen atoms in total. The van der Waals surface area contributed by atoms with Gasteiger partial charge >= 0.3 is 10.2 Å². The molecule has 0 aliphatic heterocycles. The molecule has 2 aromatic rings. The van der Waals surface area contributed by atoms with Crippen molar-refractivity contribution in [2.75, 3.05) is 19.8 Å². The van der Waals surface area contributed by atoms with Gasteiger partial charge in [-0.1, -0.05) is 12.1 Å². The number of nitrogen functional groups attached to an aromatic ring is 1. The highest BCUT2D eigenvalue weighted by Gasteiger charge is 2.22. The molecule has 0 aliphatic carbocycles. The molecule has 0 atom stereocenters. The Hall–Kier alpha value is -1.60. The number of hydrogen-bond acceptors (Lipinski definition) is 4. The van der Waals surface area contributed by atoms with Crippen LogP contribution in [0.3, 0.4) is 0 Å². The number of rotatable bonds is 2. The van der Waals surface area contributed by atoms with Crippen molar-refractivity contribution in [1.82, 2.24) is 13.3 Å². The van der Waals surface area contributed by atoms with Gasteiger partial charge in [-0.3, -0.25) is 0 Å². The largest absolute Gasteiger partial charge is 0.368 e. The van der Waals surface area contributed by atoms with E-state index in [1.165, 1.54) is 14.1 Å².